The molecule has 0 aliphatic rings. The van der Waals surface area contributed by atoms with Crippen molar-refractivity contribution in [3.05, 3.63) is 77.4 Å². The summed E-state index contributed by atoms with van der Waals surface area (Å²) in [6.07, 6.45) is 0. The van der Waals surface area contributed by atoms with E-state index < -0.39 is 10.0 Å². The lowest BCUT2D eigenvalue weighted by Crippen LogP contribution is -2.16. The minimum absolute atomic E-state index is 0.0306. The molecule has 7 nitrogen and oxygen atoms in total. The number of carbonyl (C=O) groups excluding carboxylic acids is 1. The highest BCUT2D eigenvalue weighted by molar-refractivity contribution is 7.92. The van der Waals surface area contributed by atoms with E-state index in [1.165, 1.54) is 32.4 Å². The highest BCUT2D eigenvalue weighted by Gasteiger charge is 2.20. The highest BCUT2D eigenvalue weighted by atomic mass is 32.2. The summed E-state index contributed by atoms with van der Waals surface area (Å²) in [6.45, 7) is 3.68. The standard InChI is InChI=1S/C23H24N2O5S/c1-15-9-11-22(30-4)20(13-15)25-31(27,28)17-10-12-21(29-3)19(14-17)24-23(26)18-8-6-5-7-16(18)2/h5-14,25H,1-4H3,(H,24,26). The Kier molecular flexibility index (Phi) is 6.50. The van der Waals surface area contributed by atoms with Crippen molar-refractivity contribution in [1.82, 2.24) is 0 Å². The normalized spacial score (nSPS) is 11.0. The Morgan fingerprint density at radius 2 is 1.48 bits per heavy atom. The molecular formula is C23H24N2O5S. The number of benzene rings is 3. The Morgan fingerprint density at radius 1 is 0.839 bits per heavy atom. The lowest BCUT2D eigenvalue weighted by Gasteiger charge is -2.15. The van der Waals surface area contributed by atoms with Crippen LogP contribution in [0.2, 0.25) is 0 Å². The number of hydrogen-bond donors (Lipinski definition) is 2. The number of nitrogens with one attached hydrogen (secondary N) is 2. The van der Waals surface area contributed by atoms with E-state index in [-0.39, 0.29) is 16.5 Å². The molecule has 0 fully saturated rings. The topological polar surface area (TPSA) is 93.7 Å². The predicted octanol–water partition coefficient (Wildman–Crippen LogP) is 4.37. The van der Waals surface area contributed by atoms with Crippen LogP contribution in [0.25, 0.3) is 0 Å². The van der Waals surface area contributed by atoms with Gasteiger partial charge in [0.05, 0.1) is 30.5 Å². The monoisotopic (exact) mass is 440 g/mol. The molecule has 0 saturated heterocycles. The number of carbonyl (C=O) groups is 1. The minimum Gasteiger partial charge on any atom is -0.495 e. The van der Waals surface area contributed by atoms with Crippen LogP contribution in [0.1, 0.15) is 21.5 Å². The summed E-state index contributed by atoms with van der Waals surface area (Å²) in [6, 6.07) is 16.6. The summed E-state index contributed by atoms with van der Waals surface area (Å²) in [5.41, 5.74) is 2.73. The van der Waals surface area contributed by atoms with E-state index >= 15 is 0 Å². The molecule has 3 aromatic rings. The van der Waals surface area contributed by atoms with Gasteiger partial charge in [-0.25, -0.2) is 8.42 Å². The van der Waals surface area contributed by atoms with Gasteiger partial charge in [-0.3, -0.25) is 9.52 Å². The van der Waals surface area contributed by atoms with Crippen molar-refractivity contribution in [2.75, 3.05) is 24.3 Å². The first-order chi connectivity index (χ1) is 14.7. The van der Waals surface area contributed by atoms with Crippen LogP contribution < -0.4 is 19.5 Å². The summed E-state index contributed by atoms with van der Waals surface area (Å²) in [5.74, 6) is 0.379. The molecule has 31 heavy (non-hydrogen) atoms. The number of amides is 1. The number of methoxy groups -OCH3 is 2. The lowest BCUT2D eigenvalue weighted by atomic mass is 10.1. The van der Waals surface area contributed by atoms with Gasteiger partial charge >= 0.3 is 0 Å². The predicted molar refractivity (Wildman–Crippen MR) is 121 cm³/mol. The number of anilines is 2. The zero-order valence-corrected chi connectivity index (χ0v) is 18.5. The van der Waals surface area contributed by atoms with E-state index in [0.29, 0.717) is 22.7 Å². The molecule has 0 radical (unpaired) electrons. The summed E-state index contributed by atoms with van der Waals surface area (Å²) in [4.78, 5) is 12.7. The second-order valence-electron chi connectivity index (χ2n) is 6.94. The fourth-order valence-corrected chi connectivity index (χ4v) is 4.16. The fourth-order valence-electron chi connectivity index (χ4n) is 3.07. The Balaban J connectivity index is 1.95. The molecular weight excluding hydrogens is 416 g/mol. The van der Waals surface area contributed by atoms with Gasteiger partial charge < -0.3 is 14.8 Å². The molecule has 0 aliphatic heterocycles. The molecule has 2 N–H and O–H groups in total. The van der Waals surface area contributed by atoms with Crippen molar-refractivity contribution in [2.45, 2.75) is 18.7 Å². The van der Waals surface area contributed by atoms with Crippen LogP contribution in [0.5, 0.6) is 11.5 Å². The molecule has 3 aromatic carbocycles. The fraction of sp³-hybridized carbons (Fsp3) is 0.174. The second-order valence-corrected chi connectivity index (χ2v) is 8.62. The molecule has 0 spiro atoms. The number of aryl methyl sites for hydroxylation is 2. The Labute approximate surface area is 182 Å². The Bertz CT molecular complexity index is 1220. The lowest BCUT2D eigenvalue weighted by molar-refractivity contribution is 0.102. The largest absolute Gasteiger partial charge is 0.495 e. The Morgan fingerprint density at radius 3 is 2.16 bits per heavy atom. The van der Waals surface area contributed by atoms with Gasteiger partial charge in [-0.2, -0.15) is 0 Å². The van der Waals surface area contributed by atoms with Gasteiger partial charge in [0, 0.05) is 5.56 Å². The van der Waals surface area contributed by atoms with Gasteiger partial charge in [0.1, 0.15) is 11.5 Å². The molecule has 1 amide bonds. The molecule has 0 aliphatic carbocycles. The van der Waals surface area contributed by atoms with E-state index in [0.717, 1.165) is 11.1 Å². The van der Waals surface area contributed by atoms with E-state index in [4.69, 9.17) is 9.47 Å². The van der Waals surface area contributed by atoms with Crippen molar-refractivity contribution in [3.63, 3.8) is 0 Å². The number of ether oxygens (including phenoxy) is 2. The zero-order chi connectivity index (χ0) is 22.6. The second kappa shape index (κ2) is 9.09. The number of sulfonamides is 1. The molecule has 0 unspecified atom stereocenters. The average molecular weight is 441 g/mol. The van der Waals surface area contributed by atoms with Crippen LogP contribution >= 0.6 is 0 Å². The van der Waals surface area contributed by atoms with Gasteiger partial charge in [-0.1, -0.05) is 24.3 Å². The number of hydrogen-bond acceptors (Lipinski definition) is 5. The summed E-state index contributed by atoms with van der Waals surface area (Å²) < 4.78 is 39.1. The maximum atomic E-state index is 13.0. The van der Waals surface area contributed by atoms with Crippen LogP contribution in [0.15, 0.2) is 65.6 Å². The van der Waals surface area contributed by atoms with Crippen molar-refractivity contribution in [1.29, 1.82) is 0 Å². The van der Waals surface area contributed by atoms with Crippen LogP contribution in [0.3, 0.4) is 0 Å². The average Bonchev–Trinajstić information content (AvgIpc) is 2.74. The van der Waals surface area contributed by atoms with Gasteiger partial charge in [-0.15, -0.1) is 0 Å². The van der Waals surface area contributed by atoms with Crippen LogP contribution in [-0.4, -0.2) is 28.5 Å². The van der Waals surface area contributed by atoms with Crippen LogP contribution in [-0.2, 0) is 10.0 Å². The maximum Gasteiger partial charge on any atom is 0.262 e. The van der Waals surface area contributed by atoms with E-state index in [1.807, 2.05) is 32.0 Å². The van der Waals surface area contributed by atoms with E-state index in [1.54, 1.807) is 24.3 Å². The first-order valence-electron chi connectivity index (χ1n) is 9.47. The molecule has 162 valence electrons. The summed E-state index contributed by atoms with van der Waals surface area (Å²) >= 11 is 0. The third-order valence-corrected chi connectivity index (χ3v) is 6.08. The molecule has 0 saturated carbocycles. The first-order valence-corrected chi connectivity index (χ1v) is 11.0. The van der Waals surface area contributed by atoms with Crippen molar-refractivity contribution >= 4 is 27.3 Å². The smallest absolute Gasteiger partial charge is 0.262 e. The molecule has 0 heterocycles. The van der Waals surface area contributed by atoms with Crippen molar-refractivity contribution in [3.8, 4) is 11.5 Å². The molecule has 0 aromatic heterocycles. The molecule has 0 atom stereocenters. The third kappa shape index (κ3) is 4.97. The van der Waals surface area contributed by atoms with Crippen LogP contribution in [0.4, 0.5) is 11.4 Å². The van der Waals surface area contributed by atoms with Gasteiger partial charge in [-0.05, 0) is 61.4 Å². The Hall–Kier alpha value is -3.52. The number of rotatable bonds is 7. The third-order valence-electron chi connectivity index (χ3n) is 4.72. The molecule has 8 heteroatoms. The minimum atomic E-state index is -3.96. The van der Waals surface area contributed by atoms with Crippen LogP contribution in [0, 0.1) is 13.8 Å². The van der Waals surface area contributed by atoms with Crippen molar-refractivity contribution in [2.24, 2.45) is 0 Å². The maximum absolute atomic E-state index is 13.0. The summed E-state index contributed by atoms with van der Waals surface area (Å²) in [7, 11) is -1.04. The molecule has 0 bridgehead atoms. The van der Waals surface area contributed by atoms with Gasteiger partial charge in [0.25, 0.3) is 15.9 Å². The SMILES string of the molecule is COc1ccc(S(=O)(=O)Nc2cc(C)ccc2OC)cc1NC(=O)c1ccccc1C. The molecule has 3 rings (SSSR count). The zero-order valence-electron chi connectivity index (χ0n) is 17.7. The quantitative estimate of drug-likeness (QED) is 0.569. The summed E-state index contributed by atoms with van der Waals surface area (Å²) in [5, 5.41) is 2.75. The first kappa shape index (κ1) is 22.2. The van der Waals surface area contributed by atoms with Crippen molar-refractivity contribution < 1.29 is 22.7 Å². The van der Waals surface area contributed by atoms with E-state index in [2.05, 4.69) is 10.0 Å². The van der Waals surface area contributed by atoms with Gasteiger partial charge in [0.15, 0.2) is 0 Å². The highest BCUT2D eigenvalue weighted by Crippen LogP contribution is 2.31. The van der Waals surface area contributed by atoms with E-state index in [9.17, 15) is 13.2 Å². The van der Waals surface area contributed by atoms with Gasteiger partial charge in [0.2, 0.25) is 0 Å².